The van der Waals surface area contributed by atoms with E-state index in [0.717, 1.165) is 0 Å². The van der Waals surface area contributed by atoms with Crippen LogP contribution in [0.15, 0.2) is 0 Å². The topological polar surface area (TPSA) is 9.23 Å². The molecule has 0 N–H and O–H groups in total. The van der Waals surface area contributed by atoms with Crippen molar-refractivity contribution < 1.29 is 26.7 Å². The molecule has 0 aromatic carbocycles. The number of ether oxygens (including phenoxy) is 1. The molecular formula is C5H3Cl4F5O. The molecular weight excluding hydrogens is 313 g/mol. The predicted octanol–water partition coefficient (Wildman–Crippen LogP) is 4.14. The van der Waals surface area contributed by atoms with Gasteiger partial charge in [0.25, 0.3) is 9.39 Å². The summed E-state index contributed by atoms with van der Waals surface area (Å²) in [5.41, 5.74) is 0. The Labute approximate surface area is 101 Å². The fourth-order valence-electron chi connectivity index (χ4n) is 0.631. The lowest BCUT2D eigenvalue weighted by Crippen LogP contribution is -2.62. The third kappa shape index (κ3) is 2.54. The molecule has 1 nitrogen and oxygen atoms in total. The second-order valence-electron chi connectivity index (χ2n) is 2.37. The molecule has 0 rings (SSSR count). The first kappa shape index (κ1) is 15.8. The summed E-state index contributed by atoms with van der Waals surface area (Å²) in [6.45, 7) is 0. The molecule has 0 aromatic heterocycles. The summed E-state index contributed by atoms with van der Waals surface area (Å²) >= 11 is 18.8. The number of rotatable bonds is 3. The molecule has 0 saturated carbocycles. The molecule has 0 radical (unpaired) electrons. The molecule has 0 bridgehead atoms. The van der Waals surface area contributed by atoms with Crippen LogP contribution in [0.4, 0.5) is 22.0 Å². The minimum absolute atomic E-state index is 0.575. The summed E-state index contributed by atoms with van der Waals surface area (Å²) in [5.74, 6) is 0. The number of hydrogen-bond donors (Lipinski definition) is 0. The van der Waals surface area contributed by atoms with Crippen molar-refractivity contribution in [3.8, 4) is 0 Å². The van der Waals surface area contributed by atoms with Crippen LogP contribution in [-0.2, 0) is 4.74 Å². The Balaban J connectivity index is 5.65. The van der Waals surface area contributed by atoms with Crippen LogP contribution in [0.5, 0.6) is 0 Å². The molecule has 0 heterocycles. The van der Waals surface area contributed by atoms with Gasteiger partial charge >= 0.3 is 11.6 Å². The minimum Gasteiger partial charge on any atom is -0.348 e. The van der Waals surface area contributed by atoms with Gasteiger partial charge in [-0.3, -0.25) is 0 Å². The van der Waals surface area contributed by atoms with E-state index in [2.05, 4.69) is 27.9 Å². The zero-order valence-electron chi connectivity index (χ0n) is 6.81. The van der Waals surface area contributed by atoms with Gasteiger partial charge in [-0.15, -0.1) is 0 Å². The highest BCUT2D eigenvalue weighted by atomic mass is 35.5. The van der Waals surface area contributed by atoms with Crippen LogP contribution >= 0.6 is 46.4 Å². The Morgan fingerprint density at radius 2 is 1.20 bits per heavy atom. The van der Waals surface area contributed by atoms with Crippen molar-refractivity contribution in [1.82, 2.24) is 0 Å². The van der Waals surface area contributed by atoms with Crippen molar-refractivity contribution >= 4 is 46.4 Å². The summed E-state index contributed by atoms with van der Waals surface area (Å²) in [6.07, 6.45) is -5.68. The van der Waals surface area contributed by atoms with Gasteiger partial charge in [-0.05, 0) is 11.6 Å². The van der Waals surface area contributed by atoms with E-state index in [0.29, 0.717) is 7.11 Å². The maximum Gasteiger partial charge on any atom is 0.420 e. The van der Waals surface area contributed by atoms with E-state index in [1.54, 1.807) is 0 Å². The maximum absolute atomic E-state index is 12.6. The molecule has 92 valence electrons. The Hall–Kier alpha value is 0.770. The van der Waals surface area contributed by atoms with Crippen LogP contribution in [0, 0.1) is 0 Å². The largest absolute Gasteiger partial charge is 0.420 e. The van der Waals surface area contributed by atoms with Crippen molar-refractivity contribution in [1.29, 1.82) is 0 Å². The summed E-state index contributed by atoms with van der Waals surface area (Å²) in [4.78, 5) is -4.47. The van der Waals surface area contributed by atoms with Crippen LogP contribution in [0.2, 0.25) is 0 Å². The fourth-order valence-corrected chi connectivity index (χ4v) is 1.50. The maximum atomic E-state index is 12.6. The van der Waals surface area contributed by atoms with Crippen molar-refractivity contribution in [3.63, 3.8) is 0 Å². The first-order chi connectivity index (χ1) is 6.31. The number of methoxy groups -OCH3 is 1. The molecule has 15 heavy (non-hydrogen) atoms. The highest BCUT2D eigenvalue weighted by Gasteiger charge is 2.78. The second-order valence-corrected chi connectivity index (χ2v) is 4.67. The monoisotopic (exact) mass is 314 g/mol. The first-order valence-electron chi connectivity index (χ1n) is 3.06. The third-order valence-corrected chi connectivity index (χ3v) is 3.61. The zero-order chi connectivity index (χ0) is 12.7. The van der Waals surface area contributed by atoms with Gasteiger partial charge in [0.15, 0.2) is 0 Å². The van der Waals surface area contributed by atoms with E-state index in [-0.39, 0.29) is 0 Å². The van der Waals surface area contributed by atoms with Crippen LogP contribution in [0.1, 0.15) is 0 Å². The molecule has 0 amide bonds. The van der Waals surface area contributed by atoms with Crippen molar-refractivity contribution in [2.75, 3.05) is 7.11 Å². The number of halogens is 9. The Morgan fingerprint density at radius 1 is 0.867 bits per heavy atom. The molecule has 10 heteroatoms. The quantitative estimate of drug-likeness (QED) is 0.562. The van der Waals surface area contributed by atoms with Gasteiger partial charge in [-0.1, -0.05) is 34.8 Å². The van der Waals surface area contributed by atoms with E-state index < -0.39 is 21.0 Å². The van der Waals surface area contributed by atoms with Gasteiger partial charge < -0.3 is 4.74 Å². The lowest BCUT2D eigenvalue weighted by atomic mass is 10.1. The second kappa shape index (κ2) is 4.22. The molecule has 0 aliphatic heterocycles. The molecule has 0 fully saturated rings. The normalized spacial score (nSPS) is 18.8. The Bertz CT molecular complexity index is 221. The summed E-state index contributed by atoms with van der Waals surface area (Å²) < 4.78 is 62.7. The summed E-state index contributed by atoms with van der Waals surface area (Å²) in [6, 6.07) is 0. The fraction of sp³-hybridized carbons (Fsp3) is 1.00. The van der Waals surface area contributed by atoms with Crippen LogP contribution in [-0.4, -0.2) is 28.1 Å². The smallest absolute Gasteiger partial charge is 0.348 e. The average Bonchev–Trinajstić information content (AvgIpc) is 1.98. The average molecular weight is 316 g/mol. The van der Waals surface area contributed by atoms with E-state index >= 15 is 0 Å². The Kier molecular flexibility index (Phi) is 4.43. The highest BCUT2D eigenvalue weighted by Crippen LogP contribution is 2.59. The predicted molar refractivity (Wildman–Crippen MR) is 46.9 cm³/mol. The van der Waals surface area contributed by atoms with E-state index in [9.17, 15) is 22.0 Å². The standard InChI is InChI=1S/C5H3Cl4F5O/c1-15-3(7,8)2(6,4(9,10)11)5(12,13)14/h1H3. The summed E-state index contributed by atoms with van der Waals surface area (Å²) in [5, 5.41) is -4.95. The van der Waals surface area contributed by atoms with E-state index in [1.165, 1.54) is 0 Å². The van der Waals surface area contributed by atoms with Gasteiger partial charge in [0.1, 0.15) is 0 Å². The molecule has 0 aliphatic carbocycles. The van der Waals surface area contributed by atoms with Crippen LogP contribution < -0.4 is 0 Å². The van der Waals surface area contributed by atoms with Crippen molar-refractivity contribution in [2.24, 2.45) is 0 Å². The molecule has 0 aromatic rings. The Morgan fingerprint density at radius 3 is 1.27 bits per heavy atom. The van der Waals surface area contributed by atoms with Crippen LogP contribution in [0.25, 0.3) is 0 Å². The van der Waals surface area contributed by atoms with Crippen molar-refractivity contribution in [2.45, 2.75) is 21.0 Å². The van der Waals surface area contributed by atoms with E-state index in [4.69, 9.17) is 23.2 Å². The number of hydrogen-bond acceptors (Lipinski definition) is 1. The molecule has 0 spiro atoms. The van der Waals surface area contributed by atoms with Crippen molar-refractivity contribution in [3.05, 3.63) is 0 Å². The molecule has 1 unspecified atom stereocenters. The van der Waals surface area contributed by atoms with Gasteiger partial charge in [-0.2, -0.15) is 22.0 Å². The zero-order valence-corrected chi connectivity index (χ0v) is 9.83. The van der Waals surface area contributed by atoms with Crippen LogP contribution in [0.3, 0.4) is 0 Å². The van der Waals surface area contributed by atoms with Gasteiger partial charge in [0.2, 0.25) is 0 Å². The van der Waals surface area contributed by atoms with Gasteiger partial charge in [0.05, 0.1) is 0 Å². The SMILES string of the molecule is COC(Cl)(Cl)C(Cl)(C(F)(F)F)C(F)(F)Cl. The van der Waals surface area contributed by atoms with Gasteiger partial charge in [0, 0.05) is 7.11 Å². The summed E-state index contributed by atoms with van der Waals surface area (Å²) in [7, 11) is 0.575. The number of alkyl halides is 9. The van der Waals surface area contributed by atoms with E-state index in [1.807, 2.05) is 0 Å². The molecule has 1 atom stereocenters. The highest BCUT2D eigenvalue weighted by molar-refractivity contribution is 6.54. The first-order valence-corrected chi connectivity index (χ1v) is 4.58. The third-order valence-electron chi connectivity index (χ3n) is 1.44. The minimum atomic E-state index is -5.68. The molecule has 0 aliphatic rings. The lowest BCUT2D eigenvalue weighted by molar-refractivity contribution is -0.226. The molecule has 0 saturated heterocycles. The lowest BCUT2D eigenvalue weighted by Gasteiger charge is -2.39. The van der Waals surface area contributed by atoms with Gasteiger partial charge in [-0.25, -0.2) is 0 Å².